The number of pyridine rings is 1. The molecule has 166 valence electrons. The zero-order valence-corrected chi connectivity index (χ0v) is 18.9. The first-order valence-corrected chi connectivity index (χ1v) is 11.9. The highest BCUT2D eigenvalue weighted by molar-refractivity contribution is 6.30. The Kier molecular flexibility index (Phi) is 7.95. The first-order chi connectivity index (χ1) is 15.2. The number of likely N-dealkylation sites (tertiary alicyclic amines) is 2. The first-order valence-electron chi connectivity index (χ1n) is 11.5. The molecule has 1 amide bonds. The molecule has 5 nitrogen and oxygen atoms in total. The summed E-state index contributed by atoms with van der Waals surface area (Å²) < 4.78 is 0. The Morgan fingerprint density at radius 1 is 1.10 bits per heavy atom. The van der Waals surface area contributed by atoms with Gasteiger partial charge in [-0.05, 0) is 86.6 Å². The summed E-state index contributed by atoms with van der Waals surface area (Å²) in [6.07, 6.45) is 8.85. The topological polar surface area (TPSA) is 48.5 Å². The summed E-state index contributed by atoms with van der Waals surface area (Å²) in [5.74, 6) is 0.668. The van der Waals surface area contributed by atoms with Crippen LogP contribution in [-0.4, -0.2) is 52.9 Å². The second-order valence-electron chi connectivity index (χ2n) is 8.90. The van der Waals surface area contributed by atoms with Gasteiger partial charge >= 0.3 is 0 Å². The first kappa shape index (κ1) is 22.3. The highest BCUT2D eigenvalue weighted by atomic mass is 35.5. The van der Waals surface area contributed by atoms with Gasteiger partial charge in [0.05, 0.1) is 0 Å². The lowest BCUT2D eigenvalue weighted by molar-refractivity contribution is -0.121. The summed E-state index contributed by atoms with van der Waals surface area (Å²) in [6, 6.07) is 12.7. The van der Waals surface area contributed by atoms with E-state index in [4.69, 9.17) is 11.6 Å². The number of aromatic nitrogens is 1. The van der Waals surface area contributed by atoms with Crippen LogP contribution in [0.1, 0.15) is 43.2 Å². The second-order valence-corrected chi connectivity index (χ2v) is 9.33. The number of hydrogen-bond donors (Lipinski definition) is 1. The third kappa shape index (κ3) is 6.52. The fraction of sp³-hybridized carbons (Fsp3) is 0.520. The minimum atomic E-state index is 0.143. The third-order valence-corrected chi connectivity index (χ3v) is 6.90. The Labute approximate surface area is 190 Å². The maximum absolute atomic E-state index is 12.5. The van der Waals surface area contributed by atoms with E-state index in [-0.39, 0.29) is 5.91 Å². The summed E-state index contributed by atoms with van der Waals surface area (Å²) in [6.45, 7) is 6.08. The van der Waals surface area contributed by atoms with Crippen LogP contribution in [0.4, 0.5) is 0 Å². The van der Waals surface area contributed by atoms with Gasteiger partial charge in [0.15, 0.2) is 0 Å². The Balaban J connectivity index is 1.33. The largest absolute Gasteiger partial charge is 0.352 e. The number of rotatable bonds is 8. The molecule has 2 aromatic rings. The molecule has 2 saturated heterocycles. The Morgan fingerprint density at radius 2 is 1.90 bits per heavy atom. The lowest BCUT2D eigenvalue weighted by atomic mass is 9.86. The highest BCUT2D eigenvalue weighted by Gasteiger charge is 2.34. The fourth-order valence-corrected chi connectivity index (χ4v) is 5.29. The molecule has 2 fully saturated rings. The molecular weight excluding hydrogens is 408 g/mol. The molecule has 6 heteroatoms. The van der Waals surface area contributed by atoms with Crippen molar-refractivity contribution >= 4 is 17.5 Å². The van der Waals surface area contributed by atoms with Crippen LogP contribution >= 0.6 is 11.6 Å². The van der Waals surface area contributed by atoms with Gasteiger partial charge in [0.1, 0.15) is 0 Å². The van der Waals surface area contributed by atoms with Crippen molar-refractivity contribution in [2.75, 3.05) is 26.2 Å². The van der Waals surface area contributed by atoms with Crippen LogP contribution in [0.15, 0.2) is 48.8 Å². The lowest BCUT2D eigenvalue weighted by Gasteiger charge is -2.43. The molecule has 31 heavy (non-hydrogen) atoms. The average molecular weight is 441 g/mol. The van der Waals surface area contributed by atoms with Crippen molar-refractivity contribution in [3.05, 3.63) is 64.9 Å². The summed E-state index contributed by atoms with van der Waals surface area (Å²) in [7, 11) is 0. The van der Waals surface area contributed by atoms with Crippen molar-refractivity contribution in [1.29, 1.82) is 0 Å². The van der Waals surface area contributed by atoms with E-state index in [1.165, 1.54) is 37.9 Å². The van der Waals surface area contributed by atoms with Crippen LogP contribution in [0.3, 0.4) is 0 Å². The number of nitrogens with zero attached hydrogens (tertiary/aromatic N) is 3. The molecule has 2 atom stereocenters. The number of carbonyl (C=O) groups is 1. The van der Waals surface area contributed by atoms with E-state index >= 15 is 0 Å². The highest BCUT2D eigenvalue weighted by Crippen LogP contribution is 2.29. The van der Waals surface area contributed by atoms with Crippen LogP contribution in [0.25, 0.3) is 0 Å². The number of benzene rings is 1. The minimum absolute atomic E-state index is 0.143. The number of halogens is 1. The predicted molar refractivity (Wildman–Crippen MR) is 125 cm³/mol. The summed E-state index contributed by atoms with van der Waals surface area (Å²) in [5.41, 5.74) is 2.35. The van der Waals surface area contributed by atoms with Crippen molar-refractivity contribution in [2.45, 2.75) is 51.2 Å². The quantitative estimate of drug-likeness (QED) is 0.670. The van der Waals surface area contributed by atoms with Gasteiger partial charge in [-0.15, -0.1) is 0 Å². The number of piperidine rings is 1. The van der Waals surface area contributed by atoms with E-state index in [9.17, 15) is 4.79 Å². The monoisotopic (exact) mass is 440 g/mol. The van der Waals surface area contributed by atoms with Crippen LogP contribution in [0, 0.1) is 5.92 Å². The average Bonchev–Trinajstić information content (AvgIpc) is 3.32. The van der Waals surface area contributed by atoms with E-state index in [0.29, 0.717) is 24.9 Å². The summed E-state index contributed by atoms with van der Waals surface area (Å²) >= 11 is 6.19. The maximum Gasteiger partial charge on any atom is 0.220 e. The lowest BCUT2D eigenvalue weighted by Crippen LogP contribution is -2.50. The van der Waals surface area contributed by atoms with Crippen LogP contribution in [0.2, 0.25) is 5.02 Å². The molecule has 4 rings (SSSR count). The molecule has 3 heterocycles. The number of hydrogen-bond acceptors (Lipinski definition) is 4. The molecule has 0 radical (unpaired) electrons. The molecule has 2 aliphatic rings. The molecule has 0 aliphatic carbocycles. The Bertz CT molecular complexity index is 840. The Hall–Kier alpha value is -1.95. The van der Waals surface area contributed by atoms with E-state index in [1.54, 1.807) is 12.4 Å². The minimum Gasteiger partial charge on any atom is -0.352 e. The van der Waals surface area contributed by atoms with Crippen molar-refractivity contribution in [1.82, 2.24) is 20.1 Å². The molecule has 0 unspecified atom stereocenters. The normalized spacial score (nSPS) is 22.5. The maximum atomic E-state index is 12.5. The van der Waals surface area contributed by atoms with Crippen molar-refractivity contribution in [2.24, 2.45) is 5.92 Å². The van der Waals surface area contributed by atoms with Crippen LogP contribution < -0.4 is 5.32 Å². The third-order valence-electron chi connectivity index (χ3n) is 6.66. The van der Waals surface area contributed by atoms with E-state index < -0.39 is 0 Å². The van der Waals surface area contributed by atoms with Gasteiger partial charge in [-0.2, -0.15) is 0 Å². The molecule has 2 aliphatic heterocycles. The number of nitrogens with one attached hydrogen (secondary N) is 1. The van der Waals surface area contributed by atoms with Crippen molar-refractivity contribution < 1.29 is 4.79 Å². The van der Waals surface area contributed by atoms with Gasteiger partial charge in [0.2, 0.25) is 5.91 Å². The summed E-state index contributed by atoms with van der Waals surface area (Å²) in [5, 5.41) is 3.87. The van der Waals surface area contributed by atoms with Gasteiger partial charge in [-0.3, -0.25) is 14.7 Å². The fourth-order valence-electron chi connectivity index (χ4n) is 5.08. The van der Waals surface area contributed by atoms with E-state index in [0.717, 1.165) is 36.6 Å². The van der Waals surface area contributed by atoms with Gasteiger partial charge in [0, 0.05) is 49.5 Å². The van der Waals surface area contributed by atoms with Gasteiger partial charge in [-0.1, -0.05) is 23.7 Å². The van der Waals surface area contributed by atoms with Crippen LogP contribution in [-0.2, 0) is 17.9 Å². The van der Waals surface area contributed by atoms with E-state index in [2.05, 4.69) is 32.2 Å². The standard InChI is InChI=1S/C25H33ClN4O/c26-23-5-3-4-21(16-23)18-29-15-10-24(30-13-1-2-14-30)22(19-29)6-7-25(31)28-17-20-8-11-27-12-9-20/h3-5,8-9,11-12,16,22,24H,1-2,6-7,10,13-15,17-19H2,(H,28,31)/t22-,24+/m0/s1. The van der Waals surface area contributed by atoms with Crippen LogP contribution in [0.5, 0.6) is 0 Å². The van der Waals surface area contributed by atoms with Crippen molar-refractivity contribution in [3.8, 4) is 0 Å². The molecule has 1 aromatic carbocycles. The zero-order chi connectivity index (χ0) is 21.5. The predicted octanol–water partition coefficient (Wildman–Crippen LogP) is 4.12. The summed E-state index contributed by atoms with van der Waals surface area (Å²) in [4.78, 5) is 21.8. The molecule has 1 N–H and O–H groups in total. The second kappa shape index (κ2) is 11.1. The molecule has 0 saturated carbocycles. The molecule has 0 bridgehead atoms. The number of carbonyl (C=O) groups excluding carboxylic acids is 1. The van der Waals surface area contributed by atoms with Gasteiger partial charge < -0.3 is 10.2 Å². The van der Waals surface area contributed by atoms with Crippen molar-refractivity contribution in [3.63, 3.8) is 0 Å². The van der Waals surface area contributed by atoms with E-state index in [1.807, 2.05) is 24.3 Å². The smallest absolute Gasteiger partial charge is 0.220 e. The molecule has 1 aromatic heterocycles. The Morgan fingerprint density at radius 3 is 2.68 bits per heavy atom. The number of amides is 1. The zero-order valence-electron chi connectivity index (χ0n) is 18.2. The van der Waals surface area contributed by atoms with Gasteiger partial charge in [0.25, 0.3) is 0 Å². The van der Waals surface area contributed by atoms with Gasteiger partial charge in [-0.25, -0.2) is 0 Å². The molecule has 0 spiro atoms. The molecular formula is C25H33ClN4O. The SMILES string of the molecule is O=C(CC[C@H]1CN(Cc2cccc(Cl)c2)CC[C@H]1N1CCCC1)NCc1ccncc1.